The van der Waals surface area contributed by atoms with Crippen LogP contribution in [0.3, 0.4) is 0 Å². The van der Waals surface area contributed by atoms with Gasteiger partial charge in [0.2, 0.25) is 11.0 Å². The maximum atomic E-state index is 12.6. The molecule has 0 aromatic heterocycles. The van der Waals surface area contributed by atoms with Crippen molar-refractivity contribution in [2.24, 2.45) is 0 Å². The summed E-state index contributed by atoms with van der Waals surface area (Å²) in [6.07, 6.45) is 1.86. The zero-order valence-electron chi connectivity index (χ0n) is 15.7. The number of rotatable bonds is 9. The Labute approximate surface area is 169 Å². The average molecular weight is 397 g/mol. The second-order valence-electron chi connectivity index (χ2n) is 5.83. The van der Waals surface area contributed by atoms with Crippen molar-refractivity contribution in [2.75, 3.05) is 18.9 Å². The van der Waals surface area contributed by atoms with Crippen molar-refractivity contribution >= 4 is 34.8 Å². The highest BCUT2D eigenvalue weighted by Gasteiger charge is 2.14. The Bertz CT molecular complexity index is 819. The third-order valence-electron chi connectivity index (χ3n) is 3.72. The molecule has 2 aromatic rings. The molecule has 2 aromatic carbocycles. The fourth-order valence-electron chi connectivity index (χ4n) is 2.35. The van der Waals surface area contributed by atoms with Crippen LogP contribution in [0.25, 0.3) is 6.08 Å². The molecule has 6 heteroatoms. The molecule has 2 rings (SSSR count). The molecule has 0 aliphatic heterocycles. The predicted molar refractivity (Wildman–Crippen MR) is 112 cm³/mol. The standard InChI is InChI=1S/C22H23NO4S/c1-2-27-20(24)13-14-23-21(25)19(15-17-9-5-3-6-10-17)16-28-22(26)18-11-7-4-8-12-18/h3-12,15H,2,13-14,16H2,1H3,(H,23,25)/b19-15-. The summed E-state index contributed by atoms with van der Waals surface area (Å²) in [6.45, 7) is 2.23. The molecular weight excluding hydrogens is 374 g/mol. The van der Waals surface area contributed by atoms with Gasteiger partial charge in [-0.05, 0) is 18.6 Å². The first-order valence-electron chi connectivity index (χ1n) is 9.01. The molecule has 0 bridgehead atoms. The first-order chi connectivity index (χ1) is 13.6. The molecule has 146 valence electrons. The number of carbonyl (C=O) groups excluding carboxylic acids is 3. The monoisotopic (exact) mass is 397 g/mol. The van der Waals surface area contributed by atoms with Gasteiger partial charge in [0, 0.05) is 23.4 Å². The third-order valence-corrected chi connectivity index (χ3v) is 4.67. The van der Waals surface area contributed by atoms with Gasteiger partial charge in [-0.2, -0.15) is 0 Å². The second kappa shape index (κ2) is 11.8. The Hall–Kier alpha value is -2.86. The van der Waals surface area contributed by atoms with Crippen molar-refractivity contribution in [3.63, 3.8) is 0 Å². The molecule has 0 radical (unpaired) electrons. The zero-order valence-corrected chi connectivity index (χ0v) is 16.5. The van der Waals surface area contributed by atoms with Crippen molar-refractivity contribution in [1.29, 1.82) is 0 Å². The molecule has 0 saturated carbocycles. The summed E-state index contributed by atoms with van der Waals surface area (Å²) >= 11 is 1.07. The van der Waals surface area contributed by atoms with E-state index in [1.54, 1.807) is 37.3 Å². The largest absolute Gasteiger partial charge is 0.466 e. The lowest BCUT2D eigenvalue weighted by molar-refractivity contribution is -0.142. The van der Waals surface area contributed by atoms with Crippen LogP contribution in [0.15, 0.2) is 66.2 Å². The first kappa shape index (κ1) is 21.4. The minimum absolute atomic E-state index is 0.0983. The quantitative estimate of drug-likeness (QED) is 0.516. The van der Waals surface area contributed by atoms with Crippen LogP contribution in [0.4, 0.5) is 0 Å². The van der Waals surface area contributed by atoms with Gasteiger partial charge in [0.1, 0.15) is 0 Å². The second-order valence-corrected chi connectivity index (χ2v) is 6.78. The van der Waals surface area contributed by atoms with Crippen molar-refractivity contribution < 1.29 is 19.1 Å². The molecule has 1 amide bonds. The van der Waals surface area contributed by atoms with E-state index in [0.717, 1.165) is 17.3 Å². The molecule has 0 spiro atoms. The maximum Gasteiger partial charge on any atom is 0.307 e. The van der Waals surface area contributed by atoms with E-state index in [-0.39, 0.29) is 35.7 Å². The summed E-state index contributed by atoms with van der Waals surface area (Å²) in [4.78, 5) is 36.3. The lowest BCUT2D eigenvalue weighted by Crippen LogP contribution is -2.28. The number of nitrogens with one attached hydrogen (secondary N) is 1. The number of esters is 1. The fraction of sp³-hybridized carbons (Fsp3) is 0.227. The number of hydrogen-bond acceptors (Lipinski definition) is 5. The minimum Gasteiger partial charge on any atom is -0.466 e. The minimum atomic E-state index is -0.356. The van der Waals surface area contributed by atoms with Crippen molar-refractivity contribution in [2.45, 2.75) is 13.3 Å². The highest BCUT2D eigenvalue weighted by Crippen LogP contribution is 2.18. The predicted octanol–water partition coefficient (Wildman–Crippen LogP) is 3.71. The third kappa shape index (κ3) is 7.40. The van der Waals surface area contributed by atoms with Crippen LogP contribution >= 0.6 is 11.8 Å². The van der Waals surface area contributed by atoms with E-state index in [4.69, 9.17) is 4.74 Å². The van der Waals surface area contributed by atoms with E-state index in [1.165, 1.54) is 0 Å². The zero-order chi connectivity index (χ0) is 20.2. The van der Waals surface area contributed by atoms with Gasteiger partial charge in [-0.25, -0.2) is 0 Å². The van der Waals surface area contributed by atoms with Crippen molar-refractivity contribution in [1.82, 2.24) is 5.32 Å². The van der Waals surface area contributed by atoms with Gasteiger partial charge in [-0.15, -0.1) is 0 Å². The number of ether oxygens (including phenoxy) is 1. The van der Waals surface area contributed by atoms with Gasteiger partial charge in [0.25, 0.3) is 0 Å². The van der Waals surface area contributed by atoms with Crippen molar-refractivity contribution in [3.05, 3.63) is 77.4 Å². The Morgan fingerprint density at radius 3 is 2.29 bits per heavy atom. The molecule has 1 N–H and O–H groups in total. The summed E-state index contributed by atoms with van der Waals surface area (Å²) in [5.74, 6) is -0.431. The molecule has 0 heterocycles. The molecule has 28 heavy (non-hydrogen) atoms. The average Bonchev–Trinajstić information content (AvgIpc) is 2.72. The number of amides is 1. The highest BCUT2D eigenvalue weighted by molar-refractivity contribution is 8.14. The summed E-state index contributed by atoms with van der Waals surface area (Å²) < 4.78 is 4.85. The number of benzene rings is 2. The van der Waals surface area contributed by atoms with E-state index in [0.29, 0.717) is 17.7 Å². The molecule has 0 fully saturated rings. The molecule has 0 atom stereocenters. The Kier molecular flexibility index (Phi) is 9.01. The van der Waals surface area contributed by atoms with E-state index in [9.17, 15) is 14.4 Å². The van der Waals surface area contributed by atoms with Gasteiger partial charge < -0.3 is 10.1 Å². The van der Waals surface area contributed by atoms with Crippen LogP contribution in [0.1, 0.15) is 29.3 Å². The smallest absolute Gasteiger partial charge is 0.307 e. The van der Waals surface area contributed by atoms with Gasteiger partial charge in [0.05, 0.1) is 13.0 Å². The molecule has 0 aliphatic rings. The Balaban J connectivity index is 2.02. The lowest BCUT2D eigenvalue weighted by Gasteiger charge is -2.09. The lowest BCUT2D eigenvalue weighted by atomic mass is 10.1. The van der Waals surface area contributed by atoms with E-state index in [2.05, 4.69) is 5.32 Å². The summed E-state index contributed by atoms with van der Waals surface area (Å²) in [6, 6.07) is 18.4. The van der Waals surface area contributed by atoms with Gasteiger partial charge in [-0.3, -0.25) is 14.4 Å². The molecule has 0 unspecified atom stereocenters. The number of thioether (sulfide) groups is 1. The maximum absolute atomic E-state index is 12.6. The first-order valence-corrected chi connectivity index (χ1v) is 10.0. The van der Waals surface area contributed by atoms with Gasteiger partial charge >= 0.3 is 5.97 Å². The summed E-state index contributed by atoms with van der Waals surface area (Å²) in [7, 11) is 0. The SMILES string of the molecule is CCOC(=O)CCNC(=O)/C(=C\c1ccccc1)CSC(=O)c1ccccc1. The normalized spacial score (nSPS) is 11.0. The molecule has 0 aliphatic carbocycles. The van der Waals surface area contributed by atoms with Crippen LogP contribution in [-0.4, -0.2) is 35.9 Å². The molecule has 5 nitrogen and oxygen atoms in total. The van der Waals surface area contributed by atoms with E-state index in [1.807, 2.05) is 36.4 Å². The Morgan fingerprint density at radius 1 is 1.00 bits per heavy atom. The van der Waals surface area contributed by atoms with E-state index < -0.39 is 0 Å². The number of carbonyl (C=O) groups is 3. The topological polar surface area (TPSA) is 72.5 Å². The van der Waals surface area contributed by atoms with Crippen LogP contribution in [0, 0.1) is 0 Å². The van der Waals surface area contributed by atoms with Gasteiger partial charge in [0.15, 0.2) is 0 Å². The van der Waals surface area contributed by atoms with Crippen LogP contribution in [0.5, 0.6) is 0 Å². The number of hydrogen-bond donors (Lipinski definition) is 1. The summed E-state index contributed by atoms with van der Waals surface area (Å²) in [5.41, 5.74) is 1.92. The van der Waals surface area contributed by atoms with Crippen molar-refractivity contribution in [3.8, 4) is 0 Å². The molecule has 0 saturated heterocycles. The van der Waals surface area contributed by atoms with Crippen LogP contribution < -0.4 is 5.32 Å². The van der Waals surface area contributed by atoms with Crippen LogP contribution in [-0.2, 0) is 14.3 Å². The van der Waals surface area contributed by atoms with E-state index >= 15 is 0 Å². The van der Waals surface area contributed by atoms with Crippen LogP contribution in [0.2, 0.25) is 0 Å². The molecular formula is C22H23NO4S. The fourth-order valence-corrected chi connectivity index (χ4v) is 3.15. The summed E-state index contributed by atoms with van der Waals surface area (Å²) in [5, 5.41) is 2.62. The Morgan fingerprint density at radius 2 is 1.64 bits per heavy atom. The van der Waals surface area contributed by atoms with Gasteiger partial charge in [-0.1, -0.05) is 72.4 Å². The highest BCUT2D eigenvalue weighted by atomic mass is 32.2.